The van der Waals surface area contributed by atoms with E-state index < -0.39 is 6.09 Å². The summed E-state index contributed by atoms with van der Waals surface area (Å²) in [5, 5.41) is 2.65. The van der Waals surface area contributed by atoms with Crippen LogP contribution in [0.5, 0.6) is 0 Å². The minimum absolute atomic E-state index is 0.0649. The van der Waals surface area contributed by atoms with Crippen molar-refractivity contribution in [1.82, 2.24) is 5.32 Å². The number of carbonyl (C=O) groups is 1. The molecular weight excluding hydrogens is 210 g/mol. The van der Waals surface area contributed by atoms with E-state index >= 15 is 0 Å². The highest BCUT2D eigenvalue weighted by Crippen LogP contribution is 2.26. The zero-order valence-corrected chi connectivity index (χ0v) is 8.91. The average molecular weight is 220 g/mol. The van der Waals surface area contributed by atoms with E-state index in [2.05, 4.69) is 10.1 Å². The van der Waals surface area contributed by atoms with Gasteiger partial charge < -0.3 is 10.1 Å². The van der Waals surface area contributed by atoms with Crippen molar-refractivity contribution in [2.24, 2.45) is 0 Å². The summed E-state index contributed by atoms with van der Waals surface area (Å²) in [7, 11) is 1.34. The highest BCUT2D eigenvalue weighted by atomic mass is 35.5. The Labute approximate surface area is 85.7 Å². The van der Waals surface area contributed by atoms with Gasteiger partial charge in [0.1, 0.15) is 0 Å². The maximum absolute atomic E-state index is 10.8. The highest BCUT2D eigenvalue weighted by Gasteiger charge is 2.10. The Balaban J connectivity index is 2.58. The smallest absolute Gasteiger partial charge is 0.407 e. The second kappa shape index (κ2) is 4.48. The van der Waals surface area contributed by atoms with Crippen molar-refractivity contribution in [3.05, 3.63) is 21.3 Å². The molecule has 1 N–H and O–H groups in total. The Kier molecular flexibility index (Phi) is 3.57. The Morgan fingerprint density at radius 1 is 1.69 bits per heavy atom. The molecule has 13 heavy (non-hydrogen) atoms. The number of nitrogens with one attached hydrogen (secondary N) is 1. The Hall–Kier alpha value is -0.740. The summed E-state index contributed by atoms with van der Waals surface area (Å²) in [6.45, 7) is 1.87. The summed E-state index contributed by atoms with van der Waals surface area (Å²) in [6.07, 6.45) is -0.433. The zero-order chi connectivity index (χ0) is 9.84. The molecule has 1 heterocycles. The van der Waals surface area contributed by atoms with Crippen molar-refractivity contribution in [3.8, 4) is 0 Å². The molecule has 0 spiro atoms. The molecule has 0 aliphatic carbocycles. The van der Waals surface area contributed by atoms with E-state index in [9.17, 15) is 4.79 Å². The lowest BCUT2D eigenvalue weighted by Gasteiger charge is -2.09. The first kappa shape index (κ1) is 10.3. The molecule has 1 rings (SSSR count). The van der Waals surface area contributed by atoms with Gasteiger partial charge in [-0.15, -0.1) is 11.3 Å². The van der Waals surface area contributed by atoms with Crippen molar-refractivity contribution in [2.75, 3.05) is 7.11 Å². The fourth-order valence-electron chi connectivity index (χ4n) is 0.868. The molecule has 0 aromatic carbocycles. The predicted molar refractivity (Wildman–Crippen MR) is 53.3 cm³/mol. The normalized spacial score (nSPS) is 12.2. The van der Waals surface area contributed by atoms with E-state index in [4.69, 9.17) is 11.6 Å². The molecule has 3 nitrogen and oxygen atoms in total. The van der Waals surface area contributed by atoms with Crippen LogP contribution in [0.1, 0.15) is 17.8 Å². The molecule has 0 saturated carbocycles. The predicted octanol–water partition coefficient (Wildman–Crippen LogP) is 2.82. The lowest BCUT2D eigenvalue weighted by molar-refractivity contribution is 0.167. The second-order valence-corrected chi connectivity index (χ2v) is 4.25. The van der Waals surface area contributed by atoms with E-state index in [1.54, 1.807) is 6.07 Å². The largest absolute Gasteiger partial charge is 0.453 e. The van der Waals surface area contributed by atoms with Crippen molar-refractivity contribution in [2.45, 2.75) is 13.0 Å². The third-order valence-electron chi connectivity index (χ3n) is 1.54. The quantitative estimate of drug-likeness (QED) is 0.831. The van der Waals surface area contributed by atoms with E-state index in [0.29, 0.717) is 4.34 Å². The Morgan fingerprint density at radius 2 is 2.38 bits per heavy atom. The lowest BCUT2D eigenvalue weighted by Crippen LogP contribution is -2.25. The maximum atomic E-state index is 10.8. The number of hydrogen-bond donors (Lipinski definition) is 1. The van der Waals surface area contributed by atoms with Gasteiger partial charge in [0, 0.05) is 4.88 Å². The molecule has 1 aromatic heterocycles. The number of rotatable bonds is 2. The van der Waals surface area contributed by atoms with Crippen LogP contribution in [0.2, 0.25) is 4.34 Å². The summed E-state index contributed by atoms with van der Waals surface area (Å²) in [4.78, 5) is 11.9. The molecule has 1 amide bonds. The van der Waals surface area contributed by atoms with Gasteiger partial charge in [-0.1, -0.05) is 11.6 Å². The molecule has 1 unspecified atom stereocenters. The average Bonchev–Trinajstić information content (AvgIpc) is 2.51. The number of alkyl carbamates (subject to hydrolysis) is 1. The zero-order valence-electron chi connectivity index (χ0n) is 7.33. The summed E-state index contributed by atoms with van der Waals surface area (Å²) >= 11 is 7.19. The molecule has 0 radical (unpaired) electrons. The van der Waals surface area contributed by atoms with Crippen LogP contribution in [0.15, 0.2) is 12.1 Å². The number of thiophene rings is 1. The summed E-state index contributed by atoms with van der Waals surface area (Å²) < 4.78 is 5.19. The van der Waals surface area contributed by atoms with Gasteiger partial charge >= 0.3 is 6.09 Å². The van der Waals surface area contributed by atoms with Gasteiger partial charge in [0.15, 0.2) is 0 Å². The van der Waals surface area contributed by atoms with Crippen molar-refractivity contribution in [3.63, 3.8) is 0 Å². The molecule has 1 aromatic rings. The van der Waals surface area contributed by atoms with Crippen LogP contribution in [0.4, 0.5) is 4.79 Å². The van der Waals surface area contributed by atoms with Crippen molar-refractivity contribution in [1.29, 1.82) is 0 Å². The molecule has 0 bridgehead atoms. The van der Waals surface area contributed by atoms with Gasteiger partial charge in [0.05, 0.1) is 17.5 Å². The van der Waals surface area contributed by atoms with Crippen LogP contribution in [-0.4, -0.2) is 13.2 Å². The minimum atomic E-state index is -0.433. The molecule has 0 aliphatic rings. The topological polar surface area (TPSA) is 38.3 Å². The fraction of sp³-hybridized carbons (Fsp3) is 0.375. The third-order valence-corrected chi connectivity index (χ3v) is 2.95. The van der Waals surface area contributed by atoms with Gasteiger partial charge in [-0.2, -0.15) is 0 Å². The van der Waals surface area contributed by atoms with Crippen LogP contribution in [0.3, 0.4) is 0 Å². The summed E-state index contributed by atoms with van der Waals surface area (Å²) in [5.41, 5.74) is 0. The summed E-state index contributed by atoms with van der Waals surface area (Å²) in [6, 6.07) is 3.62. The van der Waals surface area contributed by atoms with Crippen LogP contribution < -0.4 is 5.32 Å². The van der Waals surface area contributed by atoms with Gasteiger partial charge in [-0.3, -0.25) is 0 Å². The molecule has 0 fully saturated rings. The molecule has 1 atom stereocenters. The molecule has 5 heteroatoms. The standard InChI is InChI=1S/C8H10ClNO2S/c1-5(10-8(11)12-2)6-3-4-7(9)13-6/h3-5H,1-2H3,(H,10,11). The monoisotopic (exact) mass is 219 g/mol. The first-order valence-corrected chi connectivity index (χ1v) is 4.92. The second-order valence-electron chi connectivity index (χ2n) is 2.50. The fourth-order valence-corrected chi connectivity index (χ4v) is 1.93. The van der Waals surface area contributed by atoms with Crippen LogP contribution in [-0.2, 0) is 4.74 Å². The number of hydrogen-bond acceptors (Lipinski definition) is 3. The first-order chi connectivity index (χ1) is 6.13. The molecule has 0 aliphatic heterocycles. The summed E-state index contributed by atoms with van der Waals surface area (Å²) in [5.74, 6) is 0. The SMILES string of the molecule is COC(=O)NC(C)c1ccc(Cl)s1. The highest BCUT2D eigenvalue weighted by molar-refractivity contribution is 7.16. The third kappa shape index (κ3) is 2.90. The van der Waals surface area contributed by atoms with Gasteiger partial charge in [0.25, 0.3) is 0 Å². The van der Waals surface area contributed by atoms with Gasteiger partial charge in [0.2, 0.25) is 0 Å². The van der Waals surface area contributed by atoms with Crippen molar-refractivity contribution < 1.29 is 9.53 Å². The first-order valence-electron chi connectivity index (χ1n) is 3.73. The van der Waals surface area contributed by atoms with E-state index in [1.807, 2.05) is 13.0 Å². The van der Waals surface area contributed by atoms with Crippen molar-refractivity contribution >= 4 is 29.0 Å². The minimum Gasteiger partial charge on any atom is -0.453 e. The molecular formula is C8H10ClNO2S. The maximum Gasteiger partial charge on any atom is 0.407 e. The number of amides is 1. The van der Waals surface area contributed by atoms with E-state index in [0.717, 1.165) is 4.88 Å². The number of halogens is 1. The number of ether oxygens (including phenoxy) is 1. The number of carbonyl (C=O) groups excluding carboxylic acids is 1. The molecule has 72 valence electrons. The molecule has 0 saturated heterocycles. The van der Waals surface area contributed by atoms with Crippen LogP contribution in [0.25, 0.3) is 0 Å². The van der Waals surface area contributed by atoms with Crippen LogP contribution >= 0.6 is 22.9 Å². The van der Waals surface area contributed by atoms with E-state index in [1.165, 1.54) is 18.4 Å². The Morgan fingerprint density at radius 3 is 2.85 bits per heavy atom. The van der Waals surface area contributed by atoms with Crippen LogP contribution in [0, 0.1) is 0 Å². The Bertz CT molecular complexity index is 300. The van der Waals surface area contributed by atoms with Gasteiger partial charge in [-0.25, -0.2) is 4.79 Å². The number of methoxy groups -OCH3 is 1. The van der Waals surface area contributed by atoms with E-state index in [-0.39, 0.29) is 6.04 Å². The lowest BCUT2D eigenvalue weighted by atomic mass is 10.3. The van der Waals surface area contributed by atoms with Gasteiger partial charge in [-0.05, 0) is 19.1 Å².